The fourth-order valence-corrected chi connectivity index (χ4v) is 0.712. The summed E-state index contributed by atoms with van der Waals surface area (Å²) in [6.45, 7) is 3.86. The van der Waals surface area contributed by atoms with Gasteiger partial charge in [-0.25, -0.2) is 0 Å². The molecule has 0 aliphatic heterocycles. The van der Waals surface area contributed by atoms with Crippen LogP contribution in [0.1, 0.15) is 26.7 Å². The Kier molecular flexibility index (Phi) is 1.93. The molecule has 1 aliphatic rings. The first kappa shape index (κ1) is 7.52. The quantitative estimate of drug-likeness (QED) is 0.431. The topological polar surface area (TPSA) is 17.1 Å². The van der Waals surface area contributed by atoms with Crippen molar-refractivity contribution in [2.75, 3.05) is 0 Å². The van der Waals surface area contributed by atoms with E-state index in [1.54, 1.807) is 0 Å². The van der Waals surface area contributed by atoms with Gasteiger partial charge < -0.3 is 4.79 Å². The molecule has 0 unspecified atom stereocenters. The number of hydrogen-bond acceptors (Lipinski definition) is 1. The van der Waals surface area contributed by atoms with Gasteiger partial charge in [-0.3, -0.25) is 0 Å². The van der Waals surface area contributed by atoms with Gasteiger partial charge in [0.2, 0.25) is 0 Å². The summed E-state index contributed by atoms with van der Waals surface area (Å²) in [4.78, 5) is 10.4. The van der Waals surface area contributed by atoms with Crippen molar-refractivity contribution in [3.8, 4) is 0 Å². The molecule has 0 saturated heterocycles. The molecular weight excluding hydrogens is 124 g/mol. The predicted molar refractivity (Wildman–Crippen MR) is 41.7 cm³/mol. The van der Waals surface area contributed by atoms with E-state index in [0.29, 0.717) is 0 Å². The number of carbonyl (C=O) groups is 1. The Morgan fingerprint density at radius 1 is 1.40 bits per heavy atom. The summed E-state index contributed by atoms with van der Waals surface area (Å²) in [6.07, 6.45) is 7.79. The van der Waals surface area contributed by atoms with Gasteiger partial charge in [-0.2, -0.15) is 0 Å². The van der Waals surface area contributed by atoms with Crippen molar-refractivity contribution in [3.05, 3.63) is 12.2 Å². The van der Waals surface area contributed by atoms with Crippen LogP contribution in [0.25, 0.3) is 0 Å². The predicted octanol–water partition coefficient (Wildman–Crippen LogP) is 2.18. The third-order valence-corrected chi connectivity index (χ3v) is 1.72. The zero-order chi connectivity index (χ0) is 7.61. The van der Waals surface area contributed by atoms with Crippen molar-refractivity contribution in [1.82, 2.24) is 0 Å². The van der Waals surface area contributed by atoms with Gasteiger partial charge >= 0.3 is 0 Å². The van der Waals surface area contributed by atoms with Crippen molar-refractivity contribution in [1.29, 1.82) is 0 Å². The molecule has 1 heteroatoms. The normalized spacial score (nSPS) is 19.8. The molecule has 1 saturated carbocycles. The van der Waals surface area contributed by atoms with E-state index in [-0.39, 0.29) is 5.41 Å². The van der Waals surface area contributed by atoms with Gasteiger partial charge in [0.05, 0.1) is 0 Å². The van der Waals surface area contributed by atoms with Crippen LogP contribution in [0, 0.1) is 11.3 Å². The van der Waals surface area contributed by atoms with Gasteiger partial charge in [0.25, 0.3) is 0 Å². The van der Waals surface area contributed by atoms with Crippen molar-refractivity contribution in [3.63, 3.8) is 0 Å². The third kappa shape index (κ3) is 2.34. The average molecular weight is 138 g/mol. The van der Waals surface area contributed by atoms with Crippen molar-refractivity contribution in [2.24, 2.45) is 11.3 Å². The summed E-state index contributed by atoms with van der Waals surface area (Å²) in [5.41, 5.74) is -0.247. The third-order valence-electron chi connectivity index (χ3n) is 1.72. The van der Waals surface area contributed by atoms with E-state index in [1.807, 2.05) is 19.9 Å². The highest BCUT2D eigenvalue weighted by Gasteiger charge is 2.19. The summed E-state index contributed by atoms with van der Waals surface area (Å²) < 4.78 is 0. The first-order chi connectivity index (χ1) is 4.64. The minimum absolute atomic E-state index is 0.247. The maximum absolute atomic E-state index is 10.4. The zero-order valence-corrected chi connectivity index (χ0v) is 6.63. The summed E-state index contributed by atoms with van der Waals surface area (Å²) in [7, 11) is 0. The molecule has 0 aromatic rings. The maximum Gasteiger partial charge on any atom is 0.129 e. The van der Waals surface area contributed by atoms with Crippen molar-refractivity contribution in [2.45, 2.75) is 26.7 Å². The minimum atomic E-state index is -0.247. The Morgan fingerprint density at radius 2 is 2.00 bits per heavy atom. The second kappa shape index (κ2) is 2.57. The summed E-state index contributed by atoms with van der Waals surface area (Å²) in [5.74, 6) is 0.777. The molecule has 0 spiro atoms. The average Bonchev–Trinajstić information content (AvgIpc) is 2.66. The van der Waals surface area contributed by atoms with Crippen LogP contribution in [0.2, 0.25) is 0 Å². The monoisotopic (exact) mass is 138 g/mol. The Hall–Kier alpha value is -0.590. The molecule has 1 rings (SSSR count). The van der Waals surface area contributed by atoms with E-state index in [9.17, 15) is 4.79 Å². The van der Waals surface area contributed by atoms with Gasteiger partial charge in [-0.15, -0.1) is 0 Å². The highest BCUT2D eigenvalue weighted by atomic mass is 16.1. The standard InChI is InChI=1S/C9H14O/c1-9(2,7-10)6-5-8-3-4-8/h5-8H,3-4H2,1-2H3/b6-5+. The van der Waals surface area contributed by atoms with Gasteiger partial charge in [-0.1, -0.05) is 12.2 Å². The molecule has 0 atom stereocenters. The molecule has 0 heterocycles. The highest BCUT2D eigenvalue weighted by Crippen LogP contribution is 2.31. The van der Waals surface area contributed by atoms with Crippen molar-refractivity contribution >= 4 is 6.29 Å². The molecule has 0 aromatic heterocycles. The molecule has 0 aromatic carbocycles. The van der Waals surface area contributed by atoms with Crippen LogP contribution in [0.5, 0.6) is 0 Å². The van der Waals surface area contributed by atoms with Gasteiger partial charge in [0.15, 0.2) is 0 Å². The van der Waals surface area contributed by atoms with E-state index in [4.69, 9.17) is 0 Å². The fourth-order valence-electron chi connectivity index (χ4n) is 0.712. The Bertz CT molecular complexity index is 152. The number of carbonyl (C=O) groups excluding carboxylic acids is 1. The SMILES string of the molecule is CC(C)(C=O)/C=C/C1CC1. The Labute approximate surface area is 62.1 Å². The smallest absolute Gasteiger partial charge is 0.129 e. The van der Waals surface area contributed by atoms with Gasteiger partial charge in [-0.05, 0) is 32.6 Å². The lowest BCUT2D eigenvalue weighted by Crippen LogP contribution is -2.07. The Balaban J connectivity index is 2.40. The molecule has 1 fully saturated rings. The molecule has 0 amide bonds. The largest absolute Gasteiger partial charge is 0.302 e. The first-order valence-electron chi connectivity index (χ1n) is 3.80. The zero-order valence-electron chi connectivity index (χ0n) is 6.63. The lowest BCUT2D eigenvalue weighted by molar-refractivity contribution is -0.112. The van der Waals surface area contributed by atoms with Crippen LogP contribution in [0.15, 0.2) is 12.2 Å². The van der Waals surface area contributed by atoms with E-state index >= 15 is 0 Å². The van der Waals surface area contributed by atoms with Gasteiger partial charge in [0.1, 0.15) is 6.29 Å². The molecule has 0 bridgehead atoms. The number of aldehydes is 1. The van der Waals surface area contributed by atoms with E-state index in [1.165, 1.54) is 12.8 Å². The number of allylic oxidation sites excluding steroid dienone is 2. The van der Waals surface area contributed by atoms with E-state index in [2.05, 4.69) is 6.08 Å². The summed E-state index contributed by atoms with van der Waals surface area (Å²) >= 11 is 0. The highest BCUT2D eigenvalue weighted by molar-refractivity contribution is 5.61. The van der Waals surface area contributed by atoms with Crippen LogP contribution in [0.4, 0.5) is 0 Å². The van der Waals surface area contributed by atoms with Crippen LogP contribution in [-0.4, -0.2) is 6.29 Å². The molecular formula is C9H14O. The number of hydrogen-bond donors (Lipinski definition) is 0. The minimum Gasteiger partial charge on any atom is -0.302 e. The van der Waals surface area contributed by atoms with Crippen LogP contribution < -0.4 is 0 Å². The molecule has 1 aliphatic carbocycles. The second-order valence-electron chi connectivity index (χ2n) is 3.64. The molecule has 0 radical (unpaired) electrons. The lowest BCUT2D eigenvalue weighted by atomic mass is 9.95. The van der Waals surface area contributed by atoms with E-state index < -0.39 is 0 Å². The molecule has 1 nitrogen and oxygen atoms in total. The first-order valence-corrected chi connectivity index (χ1v) is 3.80. The maximum atomic E-state index is 10.4. The summed E-state index contributed by atoms with van der Waals surface area (Å²) in [6, 6.07) is 0. The van der Waals surface area contributed by atoms with Crippen molar-refractivity contribution < 1.29 is 4.79 Å². The molecule has 10 heavy (non-hydrogen) atoms. The molecule has 0 N–H and O–H groups in total. The number of rotatable bonds is 3. The van der Waals surface area contributed by atoms with Crippen LogP contribution >= 0.6 is 0 Å². The lowest BCUT2D eigenvalue weighted by Gasteiger charge is -2.08. The fraction of sp³-hybridized carbons (Fsp3) is 0.667. The summed E-state index contributed by atoms with van der Waals surface area (Å²) in [5, 5.41) is 0. The molecule has 56 valence electrons. The Morgan fingerprint density at radius 3 is 2.40 bits per heavy atom. The van der Waals surface area contributed by atoms with E-state index in [0.717, 1.165) is 12.2 Å². The van der Waals surface area contributed by atoms with Crippen LogP contribution in [0.3, 0.4) is 0 Å². The van der Waals surface area contributed by atoms with Gasteiger partial charge in [0, 0.05) is 5.41 Å². The second-order valence-corrected chi connectivity index (χ2v) is 3.64. The van der Waals surface area contributed by atoms with Crippen LogP contribution in [-0.2, 0) is 4.79 Å².